The molecule has 0 saturated carbocycles. The van der Waals surface area contributed by atoms with Gasteiger partial charge >= 0.3 is 12.1 Å². The lowest BCUT2D eigenvalue weighted by Gasteiger charge is -2.26. The number of para-hydroxylation sites is 1. The molecule has 0 bridgehead atoms. The molecule has 2 rings (SSSR count). The summed E-state index contributed by atoms with van der Waals surface area (Å²) in [6.07, 6.45) is -4.81. The van der Waals surface area contributed by atoms with Crippen molar-refractivity contribution >= 4 is 21.7 Å². The second-order valence-electron chi connectivity index (χ2n) is 5.98. The summed E-state index contributed by atoms with van der Waals surface area (Å²) < 4.78 is 65.2. The van der Waals surface area contributed by atoms with Gasteiger partial charge in [-0.2, -0.15) is 17.5 Å². The lowest BCUT2D eigenvalue weighted by molar-refractivity contribution is -0.385. The van der Waals surface area contributed by atoms with Crippen molar-refractivity contribution in [3.05, 3.63) is 69.8 Å². The monoisotopic (exact) mass is 432 g/mol. The number of hydrogen-bond acceptors (Lipinski definition) is 5. The Kier molecular flexibility index (Phi) is 6.28. The summed E-state index contributed by atoms with van der Waals surface area (Å²) in [5.74, 6) is -1.57. The van der Waals surface area contributed by atoms with E-state index in [4.69, 9.17) is 0 Å². The second-order valence-corrected chi connectivity index (χ2v) is 7.87. The molecule has 8 nitrogen and oxygen atoms in total. The topological polar surface area (TPSA) is 118 Å². The van der Waals surface area contributed by atoms with Crippen LogP contribution >= 0.6 is 0 Å². The van der Waals surface area contributed by atoms with Gasteiger partial charge in [0.1, 0.15) is 6.04 Å². The lowest BCUT2D eigenvalue weighted by atomic mass is 10.1. The maximum Gasteiger partial charge on any atom is 0.416 e. The number of nitro groups is 1. The average Bonchev–Trinajstić information content (AvgIpc) is 2.65. The number of halogens is 3. The molecule has 0 aromatic heterocycles. The van der Waals surface area contributed by atoms with Gasteiger partial charge in [-0.1, -0.05) is 24.3 Å². The van der Waals surface area contributed by atoms with Crippen molar-refractivity contribution in [2.45, 2.75) is 30.6 Å². The van der Waals surface area contributed by atoms with Crippen LogP contribution in [0.15, 0.2) is 53.4 Å². The summed E-state index contributed by atoms with van der Waals surface area (Å²) in [6, 6.07) is 6.21. The number of carboxylic acid groups (broad SMARTS) is 1. The van der Waals surface area contributed by atoms with E-state index >= 15 is 0 Å². The number of nitrogens with zero attached hydrogens (tertiary/aromatic N) is 2. The molecule has 0 aliphatic rings. The molecule has 156 valence electrons. The summed E-state index contributed by atoms with van der Waals surface area (Å²) in [5.41, 5.74) is -1.79. The first-order valence-corrected chi connectivity index (χ1v) is 9.44. The van der Waals surface area contributed by atoms with Gasteiger partial charge in [0.05, 0.1) is 15.4 Å². The van der Waals surface area contributed by atoms with Crippen LogP contribution in [0.25, 0.3) is 0 Å². The van der Waals surface area contributed by atoms with Gasteiger partial charge in [-0.05, 0) is 25.1 Å². The van der Waals surface area contributed by atoms with E-state index < -0.39 is 55.8 Å². The molecular weight excluding hydrogens is 417 g/mol. The number of rotatable bonds is 7. The van der Waals surface area contributed by atoms with Gasteiger partial charge in [-0.3, -0.25) is 14.9 Å². The third-order valence-electron chi connectivity index (χ3n) is 4.07. The molecule has 0 amide bonds. The third-order valence-corrected chi connectivity index (χ3v) is 5.98. The molecule has 0 fully saturated rings. The Hall–Kier alpha value is -2.99. The number of nitro benzene ring substituents is 1. The van der Waals surface area contributed by atoms with E-state index in [0.717, 1.165) is 25.1 Å². The molecule has 0 aliphatic carbocycles. The molecule has 29 heavy (non-hydrogen) atoms. The van der Waals surface area contributed by atoms with Crippen LogP contribution in [0.1, 0.15) is 18.1 Å². The van der Waals surface area contributed by atoms with Crippen LogP contribution in [0.4, 0.5) is 18.9 Å². The maximum atomic E-state index is 13.0. The van der Waals surface area contributed by atoms with Crippen molar-refractivity contribution in [2.75, 3.05) is 0 Å². The smallest absolute Gasteiger partial charge is 0.416 e. The minimum Gasteiger partial charge on any atom is -0.480 e. The Morgan fingerprint density at radius 2 is 1.83 bits per heavy atom. The molecule has 0 heterocycles. The predicted molar refractivity (Wildman–Crippen MR) is 94.4 cm³/mol. The minimum absolute atomic E-state index is 0.110. The summed E-state index contributed by atoms with van der Waals surface area (Å²) in [6.45, 7) is 0.297. The van der Waals surface area contributed by atoms with Crippen LogP contribution in [-0.4, -0.2) is 34.8 Å². The van der Waals surface area contributed by atoms with Crippen molar-refractivity contribution in [1.82, 2.24) is 4.31 Å². The van der Waals surface area contributed by atoms with E-state index in [9.17, 15) is 41.6 Å². The van der Waals surface area contributed by atoms with Crippen molar-refractivity contribution in [1.29, 1.82) is 0 Å². The molecule has 2 aromatic carbocycles. The highest BCUT2D eigenvalue weighted by atomic mass is 32.2. The van der Waals surface area contributed by atoms with Crippen molar-refractivity contribution in [2.24, 2.45) is 0 Å². The molecule has 12 heteroatoms. The van der Waals surface area contributed by atoms with Crippen LogP contribution in [0.5, 0.6) is 0 Å². The molecule has 1 N–H and O–H groups in total. The summed E-state index contributed by atoms with van der Waals surface area (Å²) in [4.78, 5) is 21.1. The van der Waals surface area contributed by atoms with Gasteiger partial charge in [-0.15, -0.1) is 0 Å². The molecule has 2 aromatic rings. The minimum atomic E-state index is -4.81. The quantitative estimate of drug-likeness (QED) is 0.530. The fourth-order valence-electron chi connectivity index (χ4n) is 2.51. The van der Waals surface area contributed by atoms with Gasteiger partial charge in [-0.25, -0.2) is 8.42 Å². The first-order chi connectivity index (χ1) is 13.4. The number of sulfonamides is 1. The zero-order chi connectivity index (χ0) is 22.0. The molecular formula is C17H15F3N2O6S. The molecule has 0 saturated heterocycles. The Morgan fingerprint density at radius 3 is 2.38 bits per heavy atom. The standard InChI is InChI=1S/C17H15F3N2O6S/c1-11(16(23)24)21(10-12-5-2-3-8-15(12)22(25)26)29(27,28)14-7-4-6-13(9-14)17(18,19)20/h2-9,11H,10H2,1H3,(H,23,24)/t11-/m0/s1. The fourth-order valence-corrected chi connectivity index (χ4v) is 4.12. The Balaban J connectivity index is 2.59. The predicted octanol–water partition coefficient (Wildman–Crippen LogP) is 3.28. The van der Waals surface area contributed by atoms with Crippen LogP contribution in [0.2, 0.25) is 0 Å². The van der Waals surface area contributed by atoms with Gasteiger partial charge in [0, 0.05) is 18.2 Å². The van der Waals surface area contributed by atoms with E-state index in [-0.39, 0.29) is 5.56 Å². The van der Waals surface area contributed by atoms with Crippen LogP contribution in [0.3, 0.4) is 0 Å². The Bertz CT molecular complexity index is 1040. The SMILES string of the molecule is C[C@@H](C(=O)O)N(Cc1ccccc1[N+](=O)[O-])S(=O)(=O)c1cccc(C(F)(F)F)c1. The van der Waals surface area contributed by atoms with Crippen LogP contribution in [-0.2, 0) is 27.5 Å². The van der Waals surface area contributed by atoms with Crippen molar-refractivity contribution < 1.29 is 36.4 Å². The van der Waals surface area contributed by atoms with Crippen molar-refractivity contribution in [3.8, 4) is 0 Å². The van der Waals surface area contributed by atoms with E-state index in [2.05, 4.69) is 0 Å². The van der Waals surface area contributed by atoms with Crippen molar-refractivity contribution in [3.63, 3.8) is 0 Å². The Morgan fingerprint density at radius 1 is 1.21 bits per heavy atom. The van der Waals surface area contributed by atoms with Gasteiger partial charge < -0.3 is 5.11 Å². The molecule has 1 atom stereocenters. The lowest BCUT2D eigenvalue weighted by Crippen LogP contribution is -2.42. The summed E-state index contributed by atoms with van der Waals surface area (Å²) in [7, 11) is -4.74. The fraction of sp³-hybridized carbons (Fsp3) is 0.235. The summed E-state index contributed by atoms with van der Waals surface area (Å²) in [5, 5.41) is 20.5. The first kappa shape index (κ1) is 22.3. The zero-order valence-corrected chi connectivity index (χ0v) is 15.6. The number of hydrogen-bond donors (Lipinski definition) is 1. The molecule has 0 spiro atoms. The highest BCUT2D eigenvalue weighted by Gasteiger charge is 2.37. The number of carbonyl (C=O) groups is 1. The van der Waals surface area contributed by atoms with Crippen LogP contribution < -0.4 is 0 Å². The average molecular weight is 432 g/mol. The van der Waals surface area contributed by atoms with E-state index in [0.29, 0.717) is 16.4 Å². The normalized spacial score (nSPS) is 13.3. The first-order valence-electron chi connectivity index (χ1n) is 8.00. The number of aliphatic carboxylic acids is 1. The number of benzene rings is 2. The highest BCUT2D eigenvalue weighted by Crippen LogP contribution is 2.32. The highest BCUT2D eigenvalue weighted by molar-refractivity contribution is 7.89. The third kappa shape index (κ3) is 4.90. The van der Waals surface area contributed by atoms with Crippen LogP contribution in [0, 0.1) is 10.1 Å². The molecule has 0 unspecified atom stereocenters. The molecule has 0 aliphatic heterocycles. The van der Waals surface area contributed by atoms with E-state index in [1.54, 1.807) is 0 Å². The Labute approximate surface area is 163 Å². The van der Waals surface area contributed by atoms with E-state index in [1.165, 1.54) is 18.2 Å². The number of carboxylic acids is 1. The number of alkyl halides is 3. The molecule has 0 radical (unpaired) electrons. The van der Waals surface area contributed by atoms with Gasteiger partial charge in [0.15, 0.2) is 0 Å². The zero-order valence-electron chi connectivity index (χ0n) is 14.8. The largest absolute Gasteiger partial charge is 0.480 e. The second kappa shape index (κ2) is 8.17. The van der Waals surface area contributed by atoms with Gasteiger partial charge in [0.2, 0.25) is 10.0 Å². The summed E-state index contributed by atoms with van der Waals surface area (Å²) >= 11 is 0. The maximum absolute atomic E-state index is 13.0. The van der Waals surface area contributed by atoms with Gasteiger partial charge in [0.25, 0.3) is 5.69 Å². The van der Waals surface area contributed by atoms with E-state index in [1.807, 2.05) is 0 Å².